The first kappa shape index (κ1) is 17.3. The highest BCUT2D eigenvalue weighted by atomic mass is 32.2. The molecular formula is C17H23N3O2S. The summed E-state index contributed by atoms with van der Waals surface area (Å²) in [4.78, 5) is 4.40. The van der Waals surface area contributed by atoms with Gasteiger partial charge in [0.05, 0.1) is 16.8 Å². The number of hydrogen-bond acceptors (Lipinski definition) is 4. The second-order valence-corrected chi connectivity index (χ2v) is 8.34. The van der Waals surface area contributed by atoms with Crippen molar-refractivity contribution in [3.05, 3.63) is 47.7 Å². The number of benzene rings is 1. The lowest BCUT2D eigenvalue weighted by Gasteiger charge is -2.21. The van der Waals surface area contributed by atoms with E-state index in [4.69, 9.17) is 0 Å². The standard InChI is InChI=1S/C17H23N3O2S/c1-12-6-8-15(10-13(12)2)23(21,22)20-16-9-7-14(11-18-16)19-17(3,4)5/h6-11,19H,1-5H3,(H,18,20). The monoisotopic (exact) mass is 333 g/mol. The SMILES string of the molecule is Cc1ccc(S(=O)(=O)Nc2ccc(NC(C)(C)C)cn2)cc1C. The molecule has 0 saturated heterocycles. The van der Waals surface area contributed by atoms with E-state index < -0.39 is 10.0 Å². The Balaban J connectivity index is 2.19. The Morgan fingerprint density at radius 2 is 1.70 bits per heavy atom. The zero-order valence-electron chi connectivity index (χ0n) is 14.1. The van der Waals surface area contributed by atoms with Gasteiger partial charge >= 0.3 is 0 Å². The zero-order chi connectivity index (χ0) is 17.3. The molecule has 6 heteroatoms. The van der Waals surface area contributed by atoms with Crippen LogP contribution in [0.2, 0.25) is 0 Å². The van der Waals surface area contributed by atoms with Gasteiger partial charge in [0.2, 0.25) is 0 Å². The van der Waals surface area contributed by atoms with Gasteiger partial charge < -0.3 is 5.32 Å². The number of rotatable bonds is 4. The first-order valence-electron chi connectivity index (χ1n) is 7.41. The molecule has 1 heterocycles. The summed E-state index contributed by atoms with van der Waals surface area (Å²) in [5, 5.41) is 3.28. The van der Waals surface area contributed by atoms with Crippen LogP contribution in [0.1, 0.15) is 31.9 Å². The van der Waals surface area contributed by atoms with Gasteiger partial charge in [-0.1, -0.05) is 6.07 Å². The molecular weight excluding hydrogens is 310 g/mol. The molecule has 0 bridgehead atoms. The minimum Gasteiger partial charge on any atom is -0.379 e. The summed E-state index contributed by atoms with van der Waals surface area (Å²) in [7, 11) is -3.63. The summed E-state index contributed by atoms with van der Waals surface area (Å²) >= 11 is 0. The van der Waals surface area contributed by atoms with Gasteiger partial charge in [-0.15, -0.1) is 0 Å². The molecule has 23 heavy (non-hydrogen) atoms. The molecule has 0 radical (unpaired) electrons. The second kappa shape index (κ2) is 6.20. The van der Waals surface area contributed by atoms with Gasteiger partial charge in [0.25, 0.3) is 10.0 Å². The molecule has 124 valence electrons. The van der Waals surface area contributed by atoms with E-state index >= 15 is 0 Å². The number of hydrogen-bond donors (Lipinski definition) is 2. The lowest BCUT2D eigenvalue weighted by molar-refractivity contribution is 0.601. The Hall–Kier alpha value is -2.08. The minimum atomic E-state index is -3.63. The number of nitrogens with one attached hydrogen (secondary N) is 2. The van der Waals surface area contributed by atoms with E-state index in [-0.39, 0.29) is 10.4 Å². The maximum absolute atomic E-state index is 12.4. The third kappa shape index (κ3) is 4.69. The fourth-order valence-electron chi connectivity index (χ4n) is 2.04. The fourth-order valence-corrected chi connectivity index (χ4v) is 3.13. The van der Waals surface area contributed by atoms with Crippen LogP contribution in [0, 0.1) is 13.8 Å². The van der Waals surface area contributed by atoms with Crippen LogP contribution in [0.15, 0.2) is 41.4 Å². The van der Waals surface area contributed by atoms with Crippen LogP contribution >= 0.6 is 0 Å². The highest BCUT2D eigenvalue weighted by molar-refractivity contribution is 7.92. The Morgan fingerprint density at radius 1 is 1.00 bits per heavy atom. The average Bonchev–Trinajstić information content (AvgIpc) is 2.42. The minimum absolute atomic E-state index is 0.0812. The predicted molar refractivity (Wildman–Crippen MR) is 94.3 cm³/mol. The summed E-state index contributed by atoms with van der Waals surface area (Å²) in [6.45, 7) is 9.97. The highest BCUT2D eigenvalue weighted by Crippen LogP contribution is 2.19. The topological polar surface area (TPSA) is 71.1 Å². The van der Waals surface area contributed by atoms with Crippen LogP contribution < -0.4 is 10.0 Å². The van der Waals surface area contributed by atoms with Crippen LogP contribution in [-0.4, -0.2) is 18.9 Å². The van der Waals surface area contributed by atoms with E-state index in [0.717, 1.165) is 16.8 Å². The summed E-state index contributed by atoms with van der Waals surface area (Å²) in [6.07, 6.45) is 1.61. The maximum Gasteiger partial charge on any atom is 0.263 e. The molecule has 2 rings (SSSR count). The van der Waals surface area contributed by atoms with Crippen molar-refractivity contribution in [1.82, 2.24) is 4.98 Å². The quantitative estimate of drug-likeness (QED) is 0.895. The number of aromatic nitrogens is 1. The van der Waals surface area contributed by atoms with Crippen molar-refractivity contribution in [2.45, 2.75) is 45.1 Å². The van der Waals surface area contributed by atoms with Crippen LogP contribution in [0.5, 0.6) is 0 Å². The van der Waals surface area contributed by atoms with Gasteiger partial charge in [0.1, 0.15) is 5.82 Å². The zero-order valence-corrected chi connectivity index (χ0v) is 15.0. The number of pyridine rings is 1. The van der Waals surface area contributed by atoms with Gasteiger partial charge in [-0.25, -0.2) is 13.4 Å². The lowest BCUT2D eigenvalue weighted by atomic mass is 10.1. The van der Waals surface area contributed by atoms with E-state index in [1.807, 2.05) is 34.6 Å². The Kier molecular flexibility index (Phi) is 4.66. The third-order valence-electron chi connectivity index (χ3n) is 3.31. The van der Waals surface area contributed by atoms with Crippen LogP contribution in [0.4, 0.5) is 11.5 Å². The fraction of sp³-hybridized carbons (Fsp3) is 0.353. The molecule has 2 aromatic rings. The van der Waals surface area contributed by atoms with Crippen LogP contribution in [0.3, 0.4) is 0 Å². The molecule has 0 aliphatic heterocycles. The van der Waals surface area contributed by atoms with Crippen molar-refractivity contribution in [1.29, 1.82) is 0 Å². The molecule has 0 spiro atoms. The summed E-state index contributed by atoms with van der Waals surface area (Å²) in [5.74, 6) is 0.294. The molecule has 0 fully saturated rings. The van der Waals surface area contributed by atoms with Crippen molar-refractivity contribution in [2.75, 3.05) is 10.0 Å². The van der Waals surface area contributed by atoms with E-state index in [2.05, 4.69) is 15.0 Å². The molecule has 1 aromatic heterocycles. The van der Waals surface area contributed by atoms with Crippen molar-refractivity contribution in [3.63, 3.8) is 0 Å². The van der Waals surface area contributed by atoms with E-state index in [1.165, 1.54) is 0 Å². The summed E-state index contributed by atoms with van der Waals surface area (Å²) in [6, 6.07) is 8.50. The molecule has 0 amide bonds. The van der Waals surface area contributed by atoms with Crippen LogP contribution in [-0.2, 0) is 10.0 Å². The Labute approximate surface area is 138 Å². The van der Waals surface area contributed by atoms with Crippen molar-refractivity contribution < 1.29 is 8.42 Å². The molecule has 0 saturated carbocycles. The van der Waals surface area contributed by atoms with Gasteiger partial charge in [-0.2, -0.15) is 0 Å². The van der Waals surface area contributed by atoms with Crippen LogP contribution in [0.25, 0.3) is 0 Å². The number of sulfonamides is 1. The van der Waals surface area contributed by atoms with Crippen molar-refractivity contribution in [2.24, 2.45) is 0 Å². The van der Waals surface area contributed by atoms with Gasteiger partial charge in [0.15, 0.2) is 0 Å². The molecule has 0 unspecified atom stereocenters. The molecule has 0 atom stereocenters. The highest BCUT2D eigenvalue weighted by Gasteiger charge is 2.16. The normalized spacial score (nSPS) is 12.0. The second-order valence-electron chi connectivity index (χ2n) is 6.66. The third-order valence-corrected chi connectivity index (χ3v) is 4.66. The first-order valence-corrected chi connectivity index (χ1v) is 8.89. The molecule has 0 aliphatic carbocycles. The Morgan fingerprint density at radius 3 is 2.22 bits per heavy atom. The molecule has 2 N–H and O–H groups in total. The predicted octanol–water partition coefficient (Wildman–Crippen LogP) is 3.71. The number of nitrogens with zero attached hydrogens (tertiary/aromatic N) is 1. The first-order chi connectivity index (χ1) is 10.6. The molecule has 1 aromatic carbocycles. The summed E-state index contributed by atoms with van der Waals surface area (Å²) < 4.78 is 27.3. The molecule has 0 aliphatic rings. The average molecular weight is 333 g/mol. The van der Waals surface area contributed by atoms with Crippen molar-refractivity contribution in [3.8, 4) is 0 Å². The number of anilines is 2. The van der Waals surface area contributed by atoms with Gasteiger partial charge in [-0.05, 0) is 70.0 Å². The van der Waals surface area contributed by atoms with Crippen molar-refractivity contribution >= 4 is 21.5 Å². The number of aryl methyl sites for hydroxylation is 2. The smallest absolute Gasteiger partial charge is 0.263 e. The Bertz CT molecular complexity index is 792. The van der Waals surface area contributed by atoms with Gasteiger partial charge in [0, 0.05) is 5.54 Å². The summed E-state index contributed by atoms with van der Waals surface area (Å²) in [5.41, 5.74) is 2.75. The van der Waals surface area contributed by atoms with E-state index in [0.29, 0.717) is 5.82 Å². The maximum atomic E-state index is 12.4. The van der Waals surface area contributed by atoms with E-state index in [1.54, 1.807) is 36.5 Å². The molecule has 5 nitrogen and oxygen atoms in total. The van der Waals surface area contributed by atoms with Gasteiger partial charge in [-0.3, -0.25) is 4.72 Å². The van der Waals surface area contributed by atoms with E-state index in [9.17, 15) is 8.42 Å². The lowest BCUT2D eigenvalue weighted by Crippen LogP contribution is -2.26. The largest absolute Gasteiger partial charge is 0.379 e.